The second-order valence-corrected chi connectivity index (χ2v) is 13.5. The highest BCUT2D eigenvalue weighted by molar-refractivity contribution is 8.12. The Morgan fingerprint density at radius 2 is 1.04 bits per heavy atom. The van der Waals surface area contributed by atoms with Crippen LogP contribution in [0.3, 0.4) is 0 Å². The summed E-state index contributed by atoms with van der Waals surface area (Å²) in [6.45, 7) is 4.17. The molecule has 2 aromatic rings. The van der Waals surface area contributed by atoms with Gasteiger partial charge in [-0.1, -0.05) is 12.1 Å². The molecule has 0 nitrogen and oxygen atoms in total. The van der Waals surface area contributed by atoms with Crippen LogP contribution >= 0.6 is 97.6 Å². The van der Waals surface area contributed by atoms with Crippen LogP contribution in [-0.4, -0.2) is 19.3 Å². The van der Waals surface area contributed by atoms with Crippen molar-refractivity contribution in [1.29, 1.82) is 0 Å². The molecule has 0 bridgehead atoms. The molecular formula is C18H24S8. The Bertz CT molecular complexity index is 559. The van der Waals surface area contributed by atoms with Crippen LogP contribution in [0.25, 0.3) is 0 Å². The van der Waals surface area contributed by atoms with E-state index in [1.807, 2.05) is 0 Å². The topological polar surface area (TPSA) is 0 Å². The maximum absolute atomic E-state index is 4.38. The number of thiol groups is 4. The molecule has 0 heterocycles. The van der Waals surface area contributed by atoms with E-state index in [-0.39, 0.29) is 0 Å². The molecule has 0 spiro atoms. The van der Waals surface area contributed by atoms with E-state index in [1.54, 1.807) is 47.0 Å². The van der Waals surface area contributed by atoms with Gasteiger partial charge in [-0.05, 0) is 50.2 Å². The summed E-state index contributed by atoms with van der Waals surface area (Å²) in [6.07, 6.45) is 0. The summed E-state index contributed by atoms with van der Waals surface area (Å²) in [5.74, 6) is 0. The van der Waals surface area contributed by atoms with E-state index in [0.29, 0.717) is 9.16 Å². The third kappa shape index (κ3) is 11.3. The van der Waals surface area contributed by atoms with Gasteiger partial charge in [0, 0.05) is 38.9 Å². The number of hydrogen-bond acceptors (Lipinski definition) is 8. The van der Waals surface area contributed by atoms with E-state index in [4.69, 9.17) is 0 Å². The summed E-state index contributed by atoms with van der Waals surface area (Å²) in [5.41, 5.74) is 0. The molecule has 0 fully saturated rings. The first-order valence-electron chi connectivity index (χ1n) is 7.82. The summed E-state index contributed by atoms with van der Waals surface area (Å²) in [5, 5.41) is 1.66. The van der Waals surface area contributed by atoms with Crippen molar-refractivity contribution in [3.05, 3.63) is 48.5 Å². The first-order chi connectivity index (χ1) is 12.5. The fraction of sp³-hybridized carbons (Fsp3) is 0.333. The molecule has 0 saturated carbocycles. The first-order valence-corrected chi connectivity index (χ1v) is 13.8. The number of hydrogen-bond donors (Lipinski definition) is 4. The lowest BCUT2D eigenvalue weighted by atomic mass is 10.4. The van der Waals surface area contributed by atoms with Crippen LogP contribution in [0.1, 0.15) is 13.8 Å². The van der Waals surface area contributed by atoms with Crippen LogP contribution in [0.4, 0.5) is 0 Å². The molecule has 2 atom stereocenters. The molecule has 2 rings (SSSR count). The fourth-order valence-electron chi connectivity index (χ4n) is 1.79. The zero-order valence-electron chi connectivity index (χ0n) is 14.6. The lowest BCUT2D eigenvalue weighted by Gasteiger charge is -2.11. The Balaban J connectivity index is 0.000000263. The number of rotatable bonds is 8. The largest absolute Gasteiger partial charge is 0.168 e. The zero-order valence-corrected chi connectivity index (χ0v) is 21.5. The number of benzene rings is 2. The van der Waals surface area contributed by atoms with Crippen molar-refractivity contribution >= 4 is 97.6 Å². The van der Waals surface area contributed by atoms with Gasteiger partial charge >= 0.3 is 0 Å². The summed E-state index contributed by atoms with van der Waals surface area (Å²) in [7, 11) is 0. The molecule has 0 aromatic heterocycles. The van der Waals surface area contributed by atoms with Gasteiger partial charge in [0.2, 0.25) is 0 Å². The highest BCUT2D eigenvalue weighted by Crippen LogP contribution is 2.36. The van der Waals surface area contributed by atoms with E-state index >= 15 is 0 Å². The average molecular weight is 497 g/mol. The lowest BCUT2D eigenvalue weighted by Crippen LogP contribution is -1.88. The molecule has 0 aliphatic rings. The lowest BCUT2D eigenvalue weighted by molar-refractivity contribution is 1.23. The van der Waals surface area contributed by atoms with E-state index in [2.05, 4.69) is 113 Å². The minimum absolute atomic E-state index is 0.326. The molecule has 0 aliphatic carbocycles. The van der Waals surface area contributed by atoms with Crippen molar-refractivity contribution in [2.75, 3.05) is 10.2 Å². The van der Waals surface area contributed by atoms with Crippen molar-refractivity contribution in [3.63, 3.8) is 0 Å². The van der Waals surface area contributed by atoms with E-state index < -0.39 is 0 Å². The minimum atomic E-state index is 0.326. The molecule has 144 valence electrons. The molecule has 2 aromatic carbocycles. The monoisotopic (exact) mass is 496 g/mol. The van der Waals surface area contributed by atoms with Crippen molar-refractivity contribution in [2.24, 2.45) is 0 Å². The second kappa shape index (κ2) is 15.1. The van der Waals surface area contributed by atoms with Crippen molar-refractivity contribution in [3.8, 4) is 0 Å². The molecule has 0 amide bonds. The maximum Gasteiger partial charge on any atom is 0.0491 e. The molecule has 8 heteroatoms. The van der Waals surface area contributed by atoms with Crippen LogP contribution in [0.2, 0.25) is 0 Å². The van der Waals surface area contributed by atoms with Gasteiger partial charge in [0.25, 0.3) is 0 Å². The minimum Gasteiger partial charge on any atom is -0.168 e. The molecule has 2 unspecified atom stereocenters. The predicted octanol–water partition coefficient (Wildman–Crippen LogP) is 8.07. The van der Waals surface area contributed by atoms with Crippen molar-refractivity contribution in [2.45, 2.75) is 42.6 Å². The predicted molar refractivity (Wildman–Crippen MR) is 141 cm³/mol. The van der Waals surface area contributed by atoms with Gasteiger partial charge < -0.3 is 0 Å². The van der Waals surface area contributed by atoms with Crippen LogP contribution in [0.15, 0.2) is 68.1 Å². The van der Waals surface area contributed by atoms with Gasteiger partial charge in [-0.2, -0.15) is 50.5 Å². The van der Waals surface area contributed by atoms with Gasteiger partial charge in [0.1, 0.15) is 0 Å². The molecule has 0 N–H and O–H groups in total. The van der Waals surface area contributed by atoms with Gasteiger partial charge in [-0.3, -0.25) is 0 Å². The molecule has 0 aliphatic heterocycles. The quantitative estimate of drug-likeness (QED) is 0.166. The Morgan fingerprint density at radius 1 is 0.692 bits per heavy atom. The summed E-state index contributed by atoms with van der Waals surface area (Å²) >= 11 is 24.1. The van der Waals surface area contributed by atoms with Gasteiger partial charge in [-0.25, -0.2) is 0 Å². The summed E-state index contributed by atoms with van der Waals surface area (Å²) in [6, 6.07) is 16.9. The highest BCUT2D eigenvalue weighted by Gasteiger charge is 2.07. The zero-order chi connectivity index (χ0) is 19.4. The summed E-state index contributed by atoms with van der Waals surface area (Å²) < 4.78 is 0.652. The first kappa shape index (κ1) is 25.3. The van der Waals surface area contributed by atoms with Gasteiger partial charge in [-0.15, -0.1) is 47.0 Å². The normalized spacial score (nSPS) is 12.8. The standard InChI is InChI=1S/C10H14S4.C8H10S4/c1-7(11)13-9-5-3-4-6-10(9)14-8(2)12;9-5-11-7-1-2-8(4-3-7)12-6-10/h3-8,11-12H,1-2H3;1-4,9-10H,5-6H2. The van der Waals surface area contributed by atoms with E-state index in [0.717, 1.165) is 10.2 Å². The van der Waals surface area contributed by atoms with Gasteiger partial charge in [0.05, 0.1) is 0 Å². The van der Waals surface area contributed by atoms with Crippen molar-refractivity contribution < 1.29 is 0 Å². The van der Waals surface area contributed by atoms with Crippen LogP contribution in [-0.2, 0) is 0 Å². The van der Waals surface area contributed by atoms with E-state index in [9.17, 15) is 0 Å². The van der Waals surface area contributed by atoms with Crippen LogP contribution in [0.5, 0.6) is 0 Å². The SMILES string of the molecule is CC(S)Sc1ccccc1SC(C)S.SCSc1ccc(SCS)cc1. The molecular weight excluding hydrogens is 473 g/mol. The van der Waals surface area contributed by atoms with Gasteiger partial charge in [0.15, 0.2) is 0 Å². The Labute approximate surface area is 197 Å². The number of thioether (sulfide) groups is 4. The third-order valence-electron chi connectivity index (χ3n) is 2.73. The Hall–Kier alpha value is 1.24. The smallest absolute Gasteiger partial charge is 0.0491 e. The Kier molecular flexibility index (Phi) is 14.7. The fourth-order valence-corrected chi connectivity index (χ4v) is 6.03. The molecule has 0 saturated heterocycles. The van der Waals surface area contributed by atoms with Crippen molar-refractivity contribution in [1.82, 2.24) is 0 Å². The molecule has 26 heavy (non-hydrogen) atoms. The maximum atomic E-state index is 4.38. The highest BCUT2D eigenvalue weighted by atomic mass is 32.2. The molecule has 0 radical (unpaired) electrons. The summed E-state index contributed by atoms with van der Waals surface area (Å²) in [4.78, 5) is 5.13. The van der Waals surface area contributed by atoms with Crippen LogP contribution < -0.4 is 0 Å². The average Bonchev–Trinajstić information content (AvgIpc) is 2.59. The van der Waals surface area contributed by atoms with E-state index in [1.165, 1.54) is 19.6 Å². The third-order valence-corrected chi connectivity index (χ3v) is 7.64. The Morgan fingerprint density at radius 3 is 1.31 bits per heavy atom. The van der Waals surface area contributed by atoms with Crippen LogP contribution in [0, 0.1) is 0 Å². The second-order valence-electron chi connectivity index (χ2n) is 4.90.